The summed E-state index contributed by atoms with van der Waals surface area (Å²) in [6, 6.07) is 0. The Morgan fingerprint density at radius 3 is 0.803 bits per heavy atom. The summed E-state index contributed by atoms with van der Waals surface area (Å²) >= 11 is 0. The summed E-state index contributed by atoms with van der Waals surface area (Å²) in [5.74, 6) is 0.00561. The van der Waals surface area contributed by atoms with E-state index < -0.39 is 6.10 Å². The molecule has 0 aromatic carbocycles. The number of carbonyl (C=O) groups is 3. The molecule has 0 unspecified atom stereocenters. The highest BCUT2D eigenvalue weighted by molar-refractivity contribution is 5.71. The van der Waals surface area contributed by atoms with Crippen LogP contribution in [0.2, 0.25) is 0 Å². The van der Waals surface area contributed by atoms with E-state index in [-0.39, 0.29) is 31.1 Å². The Balaban J connectivity index is 4.23. The van der Waals surface area contributed by atoms with Crippen LogP contribution >= 0.6 is 0 Å². The maximum Gasteiger partial charge on any atom is 0.306 e. The SMILES string of the molecule is CCCCCCCCCCCCCCCCCCC(=O)OC[C@@H](COC(=O)CCCCCCCCCCC)OC(=O)CCCCCCCCCCCCCCCCCC(C)C. The van der Waals surface area contributed by atoms with E-state index in [1.165, 1.54) is 205 Å². The summed E-state index contributed by atoms with van der Waals surface area (Å²) in [5.41, 5.74) is 0. The molecule has 0 aliphatic rings. The van der Waals surface area contributed by atoms with Crippen LogP contribution in [-0.4, -0.2) is 37.2 Å². The smallest absolute Gasteiger partial charge is 0.306 e. The summed E-state index contributed by atoms with van der Waals surface area (Å²) < 4.78 is 16.8. The van der Waals surface area contributed by atoms with Gasteiger partial charge in [-0.05, 0) is 25.2 Å². The van der Waals surface area contributed by atoms with Crippen molar-refractivity contribution in [2.75, 3.05) is 13.2 Å². The van der Waals surface area contributed by atoms with Crippen LogP contribution in [0, 0.1) is 5.92 Å². The van der Waals surface area contributed by atoms with E-state index in [0.29, 0.717) is 19.3 Å². The molecule has 0 bridgehead atoms. The van der Waals surface area contributed by atoms with Crippen LogP contribution in [-0.2, 0) is 28.6 Å². The van der Waals surface area contributed by atoms with Gasteiger partial charge in [0.2, 0.25) is 0 Å². The lowest BCUT2D eigenvalue weighted by molar-refractivity contribution is -0.167. The van der Waals surface area contributed by atoms with Gasteiger partial charge in [-0.2, -0.15) is 0 Å². The summed E-state index contributed by atoms with van der Waals surface area (Å²) in [4.78, 5) is 37.9. The molecule has 0 N–H and O–H groups in total. The lowest BCUT2D eigenvalue weighted by Crippen LogP contribution is -2.30. The number of ether oxygens (including phenoxy) is 3. The lowest BCUT2D eigenvalue weighted by atomic mass is 10.0. The molecule has 0 aliphatic carbocycles. The molecule has 6 nitrogen and oxygen atoms in total. The topological polar surface area (TPSA) is 78.9 Å². The predicted molar refractivity (Wildman–Crippen MR) is 261 cm³/mol. The molecule has 0 amide bonds. The van der Waals surface area contributed by atoms with Gasteiger partial charge >= 0.3 is 17.9 Å². The van der Waals surface area contributed by atoms with E-state index in [1.54, 1.807) is 0 Å². The average Bonchev–Trinajstić information content (AvgIpc) is 3.24. The average molecular weight is 863 g/mol. The fourth-order valence-corrected chi connectivity index (χ4v) is 8.39. The molecule has 0 radical (unpaired) electrons. The van der Waals surface area contributed by atoms with Crippen LogP contribution in [0.4, 0.5) is 0 Å². The van der Waals surface area contributed by atoms with E-state index >= 15 is 0 Å². The molecule has 0 aliphatic heterocycles. The van der Waals surface area contributed by atoms with Crippen molar-refractivity contribution in [1.29, 1.82) is 0 Å². The fraction of sp³-hybridized carbons (Fsp3) is 0.945. The third kappa shape index (κ3) is 49.3. The summed E-state index contributed by atoms with van der Waals surface area (Å²) in [6.07, 6.45) is 52.4. The second kappa shape index (κ2) is 49.4. The zero-order valence-corrected chi connectivity index (χ0v) is 41.6. The van der Waals surface area contributed by atoms with Gasteiger partial charge in [-0.1, -0.05) is 272 Å². The van der Waals surface area contributed by atoms with E-state index in [2.05, 4.69) is 27.7 Å². The van der Waals surface area contributed by atoms with Crippen molar-refractivity contribution in [1.82, 2.24) is 0 Å². The van der Waals surface area contributed by atoms with Crippen molar-refractivity contribution in [2.24, 2.45) is 5.92 Å². The molecule has 0 fully saturated rings. The minimum absolute atomic E-state index is 0.0623. The molecular formula is C55H106O6. The number of carbonyl (C=O) groups excluding carboxylic acids is 3. The zero-order valence-electron chi connectivity index (χ0n) is 41.6. The minimum Gasteiger partial charge on any atom is -0.462 e. The number of hydrogen-bond donors (Lipinski definition) is 0. The first-order valence-corrected chi connectivity index (χ1v) is 27.4. The van der Waals surface area contributed by atoms with Gasteiger partial charge in [0.1, 0.15) is 13.2 Å². The highest BCUT2D eigenvalue weighted by atomic mass is 16.6. The summed E-state index contributed by atoms with van der Waals surface area (Å²) in [5, 5.41) is 0. The number of rotatable bonds is 50. The molecule has 0 heterocycles. The van der Waals surface area contributed by atoms with Crippen molar-refractivity contribution in [3.05, 3.63) is 0 Å². The number of unbranched alkanes of at least 4 members (excludes halogenated alkanes) is 37. The Labute approximate surface area is 380 Å². The zero-order chi connectivity index (χ0) is 44.5. The first-order valence-electron chi connectivity index (χ1n) is 27.4. The molecule has 362 valence electrons. The van der Waals surface area contributed by atoms with E-state index in [1.807, 2.05) is 0 Å². The molecule has 0 rings (SSSR count). The number of hydrogen-bond acceptors (Lipinski definition) is 6. The fourth-order valence-electron chi connectivity index (χ4n) is 8.39. The van der Waals surface area contributed by atoms with Crippen LogP contribution in [0.3, 0.4) is 0 Å². The summed E-state index contributed by atoms with van der Waals surface area (Å²) in [7, 11) is 0. The maximum atomic E-state index is 12.8. The van der Waals surface area contributed by atoms with Crippen LogP contribution < -0.4 is 0 Å². The molecule has 0 saturated carbocycles. The Hall–Kier alpha value is -1.59. The van der Waals surface area contributed by atoms with Crippen LogP contribution in [0.15, 0.2) is 0 Å². The maximum absolute atomic E-state index is 12.8. The van der Waals surface area contributed by atoms with Crippen molar-refractivity contribution >= 4 is 17.9 Å². The van der Waals surface area contributed by atoms with E-state index in [9.17, 15) is 14.4 Å². The molecule has 1 atom stereocenters. The van der Waals surface area contributed by atoms with Gasteiger partial charge < -0.3 is 14.2 Å². The molecule has 0 aromatic heterocycles. The van der Waals surface area contributed by atoms with Gasteiger partial charge in [-0.3, -0.25) is 14.4 Å². The van der Waals surface area contributed by atoms with Crippen LogP contribution in [0.5, 0.6) is 0 Å². The Morgan fingerprint density at radius 1 is 0.311 bits per heavy atom. The molecule has 0 aromatic rings. The highest BCUT2D eigenvalue weighted by Crippen LogP contribution is 2.17. The van der Waals surface area contributed by atoms with Gasteiger partial charge in [-0.25, -0.2) is 0 Å². The van der Waals surface area contributed by atoms with Gasteiger partial charge in [0.15, 0.2) is 6.10 Å². The molecular weight excluding hydrogens is 757 g/mol. The largest absolute Gasteiger partial charge is 0.462 e. The van der Waals surface area contributed by atoms with Crippen molar-refractivity contribution in [3.8, 4) is 0 Å². The highest BCUT2D eigenvalue weighted by Gasteiger charge is 2.19. The Kier molecular flexibility index (Phi) is 48.1. The van der Waals surface area contributed by atoms with Gasteiger partial charge in [0.05, 0.1) is 0 Å². The molecule has 0 saturated heterocycles. The van der Waals surface area contributed by atoms with Gasteiger partial charge in [0, 0.05) is 19.3 Å². The van der Waals surface area contributed by atoms with E-state index in [4.69, 9.17) is 14.2 Å². The van der Waals surface area contributed by atoms with Crippen molar-refractivity contribution in [2.45, 2.75) is 316 Å². The van der Waals surface area contributed by atoms with Crippen LogP contribution in [0.25, 0.3) is 0 Å². The third-order valence-electron chi connectivity index (χ3n) is 12.5. The summed E-state index contributed by atoms with van der Waals surface area (Å²) in [6.45, 7) is 9.04. The molecule has 6 heteroatoms. The normalized spacial score (nSPS) is 12.0. The first-order chi connectivity index (χ1) is 29.9. The number of esters is 3. The molecule has 61 heavy (non-hydrogen) atoms. The lowest BCUT2D eigenvalue weighted by Gasteiger charge is -2.18. The van der Waals surface area contributed by atoms with Gasteiger partial charge in [-0.15, -0.1) is 0 Å². The predicted octanol–water partition coefficient (Wildman–Crippen LogP) is 17.8. The second-order valence-electron chi connectivity index (χ2n) is 19.3. The Bertz CT molecular complexity index is 918. The first kappa shape index (κ1) is 59.4. The molecule has 0 spiro atoms. The van der Waals surface area contributed by atoms with Crippen molar-refractivity contribution in [3.63, 3.8) is 0 Å². The van der Waals surface area contributed by atoms with Gasteiger partial charge in [0.25, 0.3) is 0 Å². The minimum atomic E-state index is -0.760. The Morgan fingerprint density at radius 2 is 0.541 bits per heavy atom. The van der Waals surface area contributed by atoms with Crippen molar-refractivity contribution < 1.29 is 28.6 Å². The van der Waals surface area contributed by atoms with E-state index in [0.717, 1.165) is 63.7 Å². The standard InChI is InChI=1S/C55H106O6/c1-5-7-9-11-13-15-16-17-18-21-24-27-31-35-39-43-47-54(57)60-50-52(49-59-53(56)46-42-38-34-29-14-12-10-8-6-2)61-55(58)48-44-40-36-32-28-25-22-19-20-23-26-30-33-37-41-45-51(3)4/h51-52H,5-50H2,1-4H3/t52-/m1/s1. The van der Waals surface area contributed by atoms with Crippen LogP contribution in [0.1, 0.15) is 310 Å². The monoisotopic (exact) mass is 863 g/mol. The quantitative estimate of drug-likeness (QED) is 0.0344. The third-order valence-corrected chi connectivity index (χ3v) is 12.5. The second-order valence-corrected chi connectivity index (χ2v) is 19.3.